The second-order valence-corrected chi connectivity index (χ2v) is 4.30. The van der Waals surface area contributed by atoms with Crippen LogP contribution >= 0.6 is 0 Å². The third-order valence-corrected chi connectivity index (χ3v) is 2.74. The molecule has 86 valence electrons. The van der Waals surface area contributed by atoms with Gasteiger partial charge < -0.3 is 0 Å². The van der Waals surface area contributed by atoms with Gasteiger partial charge in [0.1, 0.15) is 6.17 Å². The molecule has 0 amide bonds. The van der Waals surface area contributed by atoms with Gasteiger partial charge in [0, 0.05) is 0 Å². The molecule has 1 heteroatoms. The molecule has 0 aromatic rings. The Kier molecular flexibility index (Phi) is 11.0. The van der Waals surface area contributed by atoms with Crippen molar-refractivity contribution in [3.8, 4) is 0 Å². The minimum Gasteiger partial charge on any atom is -0.247 e. The molecule has 0 aliphatic heterocycles. The van der Waals surface area contributed by atoms with E-state index >= 15 is 0 Å². The molecule has 0 aliphatic rings. The molecule has 0 heterocycles. The lowest BCUT2D eigenvalue weighted by atomic mass is 10.0. The van der Waals surface area contributed by atoms with Crippen LogP contribution in [0.15, 0.2) is 0 Å². The standard InChI is InChI=1S/C13H27F/c1-3-5-7-9-11-13(14)12-10-8-6-4-2/h13H,3-12H2,1-2H3. The highest BCUT2D eigenvalue weighted by molar-refractivity contribution is 4.57. The van der Waals surface area contributed by atoms with E-state index in [1.54, 1.807) is 0 Å². The van der Waals surface area contributed by atoms with Crippen LogP contribution < -0.4 is 0 Å². The van der Waals surface area contributed by atoms with E-state index in [2.05, 4.69) is 13.8 Å². The first-order valence-corrected chi connectivity index (χ1v) is 6.45. The number of hydrogen-bond donors (Lipinski definition) is 0. The Morgan fingerprint density at radius 2 is 1.14 bits per heavy atom. The lowest BCUT2D eigenvalue weighted by Crippen LogP contribution is -1.99. The van der Waals surface area contributed by atoms with Gasteiger partial charge in [-0.3, -0.25) is 0 Å². The lowest BCUT2D eigenvalue weighted by Gasteiger charge is -2.07. The zero-order valence-electron chi connectivity index (χ0n) is 10.0. The summed E-state index contributed by atoms with van der Waals surface area (Å²) in [7, 11) is 0. The minimum atomic E-state index is -0.524. The highest BCUT2D eigenvalue weighted by Crippen LogP contribution is 2.14. The molecule has 0 spiro atoms. The van der Waals surface area contributed by atoms with E-state index in [-0.39, 0.29) is 0 Å². The lowest BCUT2D eigenvalue weighted by molar-refractivity contribution is 0.279. The summed E-state index contributed by atoms with van der Waals surface area (Å²) >= 11 is 0. The molecule has 0 aliphatic carbocycles. The highest BCUT2D eigenvalue weighted by atomic mass is 19.1. The van der Waals surface area contributed by atoms with E-state index in [9.17, 15) is 4.39 Å². The molecular formula is C13H27F. The Hall–Kier alpha value is -0.0700. The van der Waals surface area contributed by atoms with Crippen molar-refractivity contribution >= 4 is 0 Å². The summed E-state index contributed by atoms with van der Waals surface area (Å²) in [5, 5.41) is 0. The van der Waals surface area contributed by atoms with Gasteiger partial charge in [-0.25, -0.2) is 4.39 Å². The molecule has 0 bridgehead atoms. The molecular weight excluding hydrogens is 175 g/mol. The fourth-order valence-corrected chi connectivity index (χ4v) is 1.73. The Balaban J connectivity index is 3.07. The second kappa shape index (κ2) is 11.0. The quantitative estimate of drug-likeness (QED) is 0.424. The zero-order valence-corrected chi connectivity index (χ0v) is 10.0. The number of hydrogen-bond acceptors (Lipinski definition) is 0. The van der Waals surface area contributed by atoms with E-state index in [1.807, 2.05) is 0 Å². The Bertz CT molecular complexity index is 89.4. The normalized spacial score (nSPS) is 11.1. The van der Waals surface area contributed by atoms with Crippen LogP contribution in [0.4, 0.5) is 4.39 Å². The van der Waals surface area contributed by atoms with Crippen molar-refractivity contribution in [3.05, 3.63) is 0 Å². The average Bonchev–Trinajstić information content (AvgIpc) is 2.19. The highest BCUT2D eigenvalue weighted by Gasteiger charge is 2.04. The summed E-state index contributed by atoms with van der Waals surface area (Å²) in [6.45, 7) is 4.38. The minimum absolute atomic E-state index is 0.524. The fraction of sp³-hybridized carbons (Fsp3) is 1.00. The predicted octanol–water partition coefficient (Wildman–Crippen LogP) is 5.27. The molecule has 0 fully saturated rings. The first kappa shape index (κ1) is 13.9. The summed E-state index contributed by atoms with van der Waals surface area (Å²) in [6.07, 6.45) is 10.7. The van der Waals surface area contributed by atoms with Gasteiger partial charge in [-0.15, -0.1) is 0 Å². The molecule has 0 saturated heterocycles. The molecule has 0 radical (unpaired) electrons. The number of halogens is 1. The summed E-state index contributed by atoms with van der Waals surface area (Å²) in [5.41, 5.74) is 0. The van der Waals surface area contributed by atoms with Crippen molar-refractivity contribution in [2.24, 2.45) is 0 Å². The predicted molar refractivity (Wildman–Crippen MR) is 62.4 cm³/mol. The molecule has 0 N–H and O–H groups in total. The van der Waals surface area contributed by atoms with Gasteiger partial charge >= 0.3 is 0 Å². The largest absolute Gasteiger partial charge is 0.247 e. The molecule has 14 heavy (non-hydrogen) atoms. The molecule has 0 unspecified atom stereocenters. The van der Waals surface area contributed by atoms with Gasteiger partial charge in [0.15, 0.2) is 0 Å². The van der Waals surface area contributed by atoms with Crippen molar-refractivity contribution in [3.63, 3.8) is 0 Å². The van der Waals surface area contributed by atoms with Crippen molar-refractivity contribution in [2.45, 2.75) is 84.2 Å². The molecule has 0 atom stereocenters. The van der Waals surface area contributed by atoms with Crippen LogP contribution in [0.5, 0.6) is 0 Å². The van der Waals surface area contributed by atoms with Crippen molar-refractivity contribution in [2.75, 3.05) is 0 Å². The van der Waals surface area contributed by atoms with Crippen LogP contribution in [0, 0.1) is 0 Å². The van der Waals surface area contributed by atoms with Crippen LogP contribution in [0.25, 0.3) is 0 Å². The van der Waals surface area contributed by atoms with E-state index in [0.29, 0.717) is 0 Å². The summed E-state index contributed by atoms with van der Waals surface area (Å²) in [4.78, 5) is 0. The maximum absolute atomic E-state index is 13.3. The summed E-state index contributed by atoms with van der Waals surface area (Å²) in [6, 6.07) is 0. The molecule has 0 aromatic carbocycles. The zero-order chi connectivity index (χ0) is 10.6. The SMILES string of the molecule is CCCCCCC(F)CCCCCC. The van der Waals surface area contributed by atoms with Crippen LogP contribution in [0.1, 0.15) is 78.1 Å². The van der Waals surface area contributed by atoms with E-state index in [0.717, 1.165) is 25.7 Å². The van der Waals surface area contributed by atoms with Crippen LogP contribution in [0.3, 0.4) is 0 Å². The Morgan fingerprint density at radius 3 is 1.50 bits per heavy atom. The second-order valence-electron chi connectivity index (χ2n) is 4.30. The first-order chi connectivity index (χ1) is 6.81. The summed E-state index contributed by atoms with van der Waals surface area (Å²) < 4.78 is 13.3. The monoisotopic (exact) mass is 202 g/mol. The van der Waals surface area contributed by atoms with Gasteiger partial charge in [0.05, 0.1) is 0 Å². The van der Waals surface area contributed by atoms with E-state index < -0.39 is 6.17 Å². The van der Waals surface area contributed by atoms with Gasteiger partial charge in [-0.2, -0.15) is 0 Å². The van der Waals surface area contributed by atoms with Crippen LogP contribution in [-0.2, 0) is 0 Å². The van der Waals surface area contributed by atoms with E-state index in [1.165, 1.54) is 38.5 Å². The average molecular weight is 202 g/mol. The number of alkyl halides is 1. The maximum atomic E-state index is 13.3. The molecule has 0 saturated carbocycles. The van der Waals surface area contributed by atoms with Gasteiger partial charge in [0.2, 0.25) is 0 Å². The Labute approximate surface area is 89.3 Å². The van der Waals surface area contributed by atoms with Crippen molar-refractivity contribution in [1.29, 1.82) is 0 Å². The molecule has 0 rings (SSSR count). The maximum Gasteiger partial charge on any atom is 0.100 e. The van der Waals surface area contributed by atoms with Crippen molar-refractivity contribution in [1.82, 2.24) is 0 Å². The molecule has 0 aromatic heterocycles. The fourth-order valence-electron chi connectivity index (χ4n) is 1.73. The topological polar surface area (TPSA) is 0 Å². The van der Waals surface area contributed by atoms with Crippen LogP contribution in [-0.4, -0.2) is 6.17 Å². The summed E-state index contributed by atoms with van der Waals surface area (Å²) in [5.74, 6) is 0. The van der Waals surface area contributed by atoms with Crippen LogP contribution in [0.2, 0.25) is 0 Å². The van der Waals surface area contributed by atoms with E-state index in [4.69, 9.17) is 0 Å². The smallest absolute Gasteiger partial charge is 0.100 e. The van der Waals surface area contributed by atoms with Gasteiger partial charge in [0.25, 0.3) is 0 Å². The number of unbranched alkanes of at least 4 members (excludes halogenated alkanes) is 6. The number of rotatable bonds is 10. The third kappa shape index (κ3) is 10.0. The first-order valence-electron chi connectivity index (χ1n) is 6.45. The van der Waals surface area contributed by atoms with Crippen molar-refractivity contribution < 1.29 is 4.39 Å². The third-order valence-electron chi connectivity index (χ3n) is 2.74. The molecule has 0 nitrogen and oxygen atoms in total. The Morgan fingerprint density at radius 1 is 0.714 bits per heavy atom. The van der Waals surface area contributed by atoms with Gasteiger partial charge in [-0.1, -0.05) is 65.2 Å². The van der Waals surface area contributed by atoms with Gasteiger partial charge in [-0.05, 0) is 12.8 Å².